The fourth-order valence-corrected chi connectivity index (χ4v) is 1.02. The van der Waals surface area contributed by atoms with Gasteiger partial charge in [-0.1, -0.05) is 0 Å². The van der Waals surface area contributed by atoms with Crippen LogP contribution in [0.1, 0.15) is 21.9 Å². The number of halogens is 1. The first-order valence-electron chi connectivity index (χ1n) is 3.45. The molecule has 0 radical (unpaired) electrons. The normalized spacial score (nSPS) is 9.25. The van der Waals surface area contributed by atoms with E-state index in [0.29, 0.717) is 11.3 Å². The Morgan fingerprint density at radius 2 is 2.17 bits per heavy atom. The Balaban J connectivity index is 0.00000121. The summed E-state index contributed by atoms with van der Waals surface area (Å²) in [7, 11) is 0. The number of carbonyl (C=O) groups excluding carboxylic acids is 1. The summed E-state index contributed by atoms with van der Waals surface area (Å²) in [6.45, 7) is 3.61. The number of hydrogen-bond acceptors (Lipinski definition) is 3. The molecule has 1 aromatic heterocycles. The molecule has 2 N–H and O–H groups in total. The fourth-order valence-electron chi connectivity index (χ4n) is 1.02. The van der Waals surface area contributed by atoms with Crippen LogP contribution in [0.3, 0.4) is 0 Å². The topological polar surface area (TPSA) is 56.2 Å². The molecule has 0 fully saturated rings. The van der Waals surface area contributed by atoms with Crippen LogP contribution in [0.5, 0.6) is 0 Å². The third-order valence-electron chi connectivity index (χ3n) is 1.53. The van der Waals surface area contributed by atoms with Crippen LogP contribution in [0.4, 0.5) is 0 Å². The summed E-state index contributed by atoms with van der Waals surface area (Å²) in [6, 6.07) is 1.71. The van der Waals surface area contributed by atoms with Crippen molar-refractivity contribution >= 4 is 18.2 Å². The van der Waals surface area contributed by atoms with E-state index in [4.69, 9.17) is 10.2 Å². The van der Waals surface area contributed by atoms with Gasteiger partial charge in [-0.25, -0.2) is 0 Å². The molecule has 0 bridgehead atoms. The quantitative estimate of drug-likeness (QED) is 0.717. The van der Waals surface area contributed by atoms with Crippen LogP contribution in [0.15, 0.2) is 10.5 Å². The van der Waals surface area contributed by atoms with Crippen LogP contribution < -0.4 is 5.73 Å². The Hall–Kier alpha value is -0.800. The Morgan fingerprint density at radius 3 is 2.50 bits per heavy atom. The largest absolute Gasteiger partial charge is 0.466 e. The maximum absolute atomic E-state index is 11.1. The molecule has 0 unspecified atom stereocenters. The minimum atomic E-state index is -0.0700. The molecule has 0 saturated carbocycles. The predicted octanol–water partition coefficient (Wildman–Crippen LogP) is 1.46. The summed E-state index contributed by atoms with van der Waals surface area (Å²) in [6.07, 6.45) is 0. The van der Waals surface area contributed by atoms with Crippen LogP contribution >= 0.6 is 12.4 Å². The van der Waals surface area contributed by atoms with E-state index in [-0.39, 0.29) is 24.7 Å². The third kappa shape index (κ3) is 2.09. The molecule has 1 heterocycles. The van der Waals surface area contributed by atoms with Gasteiger partial charge in [0.2, 0.25) is 0 Å². The van der Waals surface area contributed by atoms with Gasteiger partial charge < -0.3 is 10.2 Å². The second-order valence-corrected chi connectivity index (χ2v) is 2.45. The zero-order valence-corrected chi connectivity index (χ0v) is 7.90. The predicted molar refractivity (Wildman–Crippen MR) is 48.8 cm³/mol. The standard InChI is InChI=1S/C8H11NO2.ClH/c1-5-3-7(6(2)11-5)8(10)4-9;/h3H,4,9H2,1-2H3;1H. The molecule has 4 heteroatoms. The highest BCUT2D eigenvalue weighted by Gasteiger charge is 2.10. The molecule has 3 nitrogen and oxygen atoms in total. The van der Waals surface area contributed by atoms with E-state index in [1.807, 2.05) is 0 Å². The molecule has 0 atom stereocenters. The van der Waals surface area contributed by atoms with Gasteiger partial charge >= 0.3 is 0 Å². The van der Waals surface area contributed by atoms with Crippen molar-refractivity contribution in [1.29, 1.82) is 0 Å². The highest BCUT2D eigenvalue weighted by Crippen LogP contribution is 2.13. The number of hydrogen-bond donors (Lipinski definition) is 1. The molecule has 0 aliphatic carbocycles. The van der Waals surface area contributed by atoms with Crippen molar-refractivity contribution in [2.75, 3.05) is 6.54 Å². The highest BCUT2D eigenvalue weighted by atomic mass is 35.5. The maximum atomic E-state index is 11.1. The van der Waals surface area contributed by atoms with E-state index in [9.17, 15) is 4.79 Å². The molecule has 0 amide bonds. The number of nitrogens with two attached hydrogens (primary N) is 1. The molecule has 0 aliphatic rings. The molecule has 0 aromatic carbocycles. The van der Waals surface area contributed by atoms with E-state index in [1.54, 1.807) is 19.9 Å². The monoisotopic (exact) mass is 189 g/mol. The van der Waals surface area contributed by atoms with E-state index >= 15 is 0 Å². The number of Topliss-reactive ketones (excluding diaryl/α,β-unsaturated/α-hetero) is 1. The number of ketones is 1. The van der Waals surface area contributed by atoms with Gasteiger partial charge in [-0.15, -0.1) is 12.4 Å². The number of furan rings is 1. The average Bonchev–Trinajstić information content (AvgIpc) is 2.28. The van der Waals surface area contributed by atoms with Crippen molar-refractivity contribution in [2.24, 2.45) is 5.73 Å². The zero-order chi connectivity index (χ0) is 8.43. The van der Waals surface area contributed by atoms with Crippen LogP contribution in [0.25, 0.3) is 0 Å². The summed E-state index contributed by atoms with van der Waals surface area (Å²) < 4.78 is 5.16. The Kier molecular flexibility index (Phi) is 4.00. The van der Waals surface area contributed by atoms with E-state index in [2.05, 4.69) is 0 Å². The highest BCUT2D eigenvalue weighted by molar-refractivity contribution is 5.98. The van der Waals surface area contributed by atoms with Crippen LogP contribution in [0, 0.1) is 13.8 Å². The number of carbonyl (C=O) groups is 1. The van der Waals surface area contributed by atoms with Crippen LogP contribution in [-0.4, -0.2) is 12.3 Å². The summed E-state index contributed by atoms with van der Waals surface area (Å²) in [5.41, 5.74) is 5.79. The van der Waals surface area contributed by atoms with Gasteiger partial charge in [0.1, 0.15) is 11.5 Å². The SMILES string of the molecule is Cc1cc(C(=O)CN)c(C)o1.Cl. The minimum absolute atomic E-state index is 0. The van der Waals surface area contributed by atoms with Crippen LogP contribution in [-0.2, 0) is 0 Å². The maximum Gasteiger partial charge on any atom is 0.179 e. The van der Waals surface area contributed by atoms with Crippen molar-refractivity contribution in [3.05, 3.63) is 23.2 Å². The molecule has 1 aromatic rings. The van der Waals surface area contributed by atoms with Gasteiger partial charge in [-0.05, 0) is 19.9 Å². The second-order valence-electron chi connectivity index (χ2n) is 2.45. The van der Waals surface area contributed by atoms with Crippen LogP contribution in [0.2, 0.25) is 0 Å². The van der Waals surface area contributed by atoms with E-state index in [1.165, 1.54) is 0 Å². The molecule has 1 rings (SSSR count). The van der Waals surface area contributed by atoms with E-state index in [0.717, 1.165) is 5.76 Å². The molecule has 12 heavy (non-hydrogen) atoms. The van der Waals surface area contributed by atoms with Gasteiger partial charge in [-0.3, -0.25) is 4.79 Å². The molecular weight excluding hydrogens is 178 g/mol. The number of aryl methyl sites for hydroxylation is 2. The molecule has 0 spiro atoms. The van der Waals surface area contributed by atoms with Crippen molar-refractivity contribution in [1.82, 2.24) is 0 Å². The van der Waals surface area contributed by atoms with Gasteiger partial charge in [-0.2, -0.15) is 0 Å². The first-order chi connectivity index (χ1) is 5.15. The molecular formula is C8H12ClNO2. The number of rotatable bonds is 2. The van der Waals surface area contributed by atoms with E-state index < -0.39 is 0 Å². The van der Waals surface area contributed by atoms with Gasteiger partial charge in [0, 0.05) is 0 Å². The van der Waals surface area contributed by atoms with Crippen molar-refractivity contribution in [3.8, 4) is 0 Å². The second kappa shape index (κ2) is 4.28. The van der Waals surface area contributed by atoms with Crippen molar-refractivity contribution < 1.29 is 9.21 Å². The Labute approximate surface area is 77.3 Å². The minimum Gasteiger partial charge on any atom is -0.466 e. The lowest BCUT2D eigenvalue weighted by Crippen LogP contribution is -2.13. The molecule has 68 valence electrons. The summed E-state index contributed by atoms with van der Waals surface area (Å²) in [4.78, 5) is 11.1. The first kappa shape index (κ1) is 11.2. The fraction of sp³-hybridized carbons (Fsp3) is 0.375. The lowest BCUT2D eigenvalue weighted by Gasteiger charge is -1.91. The van der Waals surface area contributed by atoms with Gasteiger partial charge in [0.25, 0.3) is 0 Å². The zero-order valence-electron chi connectivity index (χ0n) is 7.09. The summed E-state index contributed by atoms with van der Waals surface area (Å²) >= 11 is 0. The average molecular weight is 190 g/mol. The van der Waals surface area contributed by atoms with Gasteiger partial charge in [0.15, 0.2) is 5.78 Å². The third-order valence-corrected chi connectivity index (χ3v) is 1.53. The van der Waals surface area contributed by atoms with Crippen molar-refractivity contribution in [3.63, 3.8) is 0 Å². The lowest BCUT2D eigenvalue weighted by atomic mass is 10.1. The Morgan fingerprint density at radius 1 is 1.58 bits per heavy atom. The lowest BCUT2D eigenvalue weighted by molar-refractivity contribution is 0.1000. The summed E-state index contributed by atoms with van der Waals surface area (Å²) in [5, 5.41) is 0. The van der Waals surface area contributed by atoms with Gasteiger partial charge in [0.05, 0.1) is 12.1 Å². The Bertz CT molecular complexity index is 281. The molecule has 0 aliphatic heterocycles. The summed E-state index contributed by atoms with van der Waals surface area (Å²) in [5.74, 6) is 1.33. The smallest absolute Gasteiger partial charge is 0.179 e. The molecule has 0 saturated heterocycles. The van der Waals surface area contributed by atoms with Crippen molar-refractivity contribution in [2.45, 2.75) is 13.8 Å². The first-order valence-corrected chi connectivity index (χ1v) is 3.45.